The van der Waals surface area contributed by atoms with E-state index in [-0.39, 0.29) is 5.91 Å². The average molecular weight is 258 g/mol. The molecule has 0 unspecified atom stereocenters. The summed E-state index contributed by atoms with van der Waals surface area (Å²) in [5.74, 6) is 0.622. The van der Waals surface area contributed by atoms with Crippen molar-refractivity contribution in [2.45, 2.75) is 39.2 Å². The molecular formula is C14H18N4O. The van der Waals surface area contributed by atoms with Gasteiger partial charge in [-0.2, -0.15) is 5.26 Å². The van der Waals surface area contributed by atoms with Gasteiger partial charge in [-0.1, -0.05) is 0 Å². The topological polar surface area (TPSA) is 77.8 Å². The van der Waals surface area contributed by atoms with Crippen molar-refractivity contribution in [3.8, 4) is 6.07 Å². The van der Waals surface area contributed by atoms with E-state index in [1.165, 1.54) is 0 Å². The van der Waals surface area contributed by atoms with E-state index in [1.807, 2.05) is 19.9 Å². The molecule has 0 aromatic carbocycles. The maximum Gasteiger partial charge on any atom is 0.221 e. The Morgan fingerprint density at radius 3 is 2.89 bits per heavy atom. The van der Waals surface area contributed by atoms with E-state index in [2.05, 4.69) is 21.7 Å². The number of rotatable bonds is 5. The van der Waals surface area contributed by atoms with Gasteiger partial charge in [-0.3, -0.25) is 4.79 Å². The fraction of sp³-hybridized carbons (Fsp3) is 0.500. The molecule has 1 aliphatic rings. The molecular weight excluding hydrogens is 240 g/mol. The highest BCUT2D eigenvalue weighted by Crippen LogP contribution is 2.19. The summed E-state index contributed by atoms with van der Waals surface area (Å²) in [5, 5.41) is 15.1. The van der Waals surface area contributed by atoms with Crippen LogP contribution in [0.3, 0.4) is 0 Å². The molecule has 1 aromatic rings. The molecule has 0 atom stereocenters. The molecule has 2 N–H and O–H groups in total. The molecule has 0 aliphatic heterocycles. The summed E-state index contributed by atoms with van der Waals surface area (Å²) in [7, 11) is 0. The first-order chi connectivity index (χ1) is 9.10. The lowest BCUT2D eigenvalue weighted by Gasteiger charge is -2.10. The molecule has 0 spiro atoms. The molecule has 1 aliphatic carbocycles. The summed E-state index contributed by atoms with van der Waals surface area (Å²) < 4.78 is 0. The summed E-state index contributed by atoms with van der Waals surface area (Å²) in [6, 6.07) is 4.41. The second-order valence-corrected chi connectivity index (χ2v) is 4.93. The minimum Gasteiger partial charge on any atom is -0.368 e. The summed E-state index contributed by atoms with van der Waals surface area (Å²) in [6.07, 6.45) is 2.59. The lowest BCUT2D eigenvalue weighted by Crippen LogP contribution is -2.27. The second kappa shape index (κ2) is 5.70. The number of nitrogens with zero attached hydrogens (tertiary/aromatic N) is 2. The first kappa shape index (κ1) is 13.3. The third kappa shape index (κ3) is 3.68. The number of amides is 1. The van der Waals surface area contributed by atoms with Crippen LogP contribution < -0.4 is 10.6 Å². The van der Waals surface area contributed by atoms with E-state index in [4.69, 9.17) is 5.26 Å². The number of aromatic nitrogens is 1. The predicted molar refractivity (Wildman–Crippen MR) is 72.7 cm³/mol. The maximum absolute atomic E-state index is 11.5. The van der Waals surface area contributed by atoms with Gasteiger partial charge in [-0.15, -0.1) is 0 Å². The quantitative estimate of drug-likeness (QED) is 0.841. The molecule has 0 saturated heterocycles. The maximum atomic E-state index is 11.5. The normalized spacial score (nSPS) is 13.7. The number of carbonyl (C=O) groups excluding carboxylic acids is 1. The molecule has 100 valence electrons. The van der Waals surface area contributed by atoms with Gasteiger partial charge in [-0.25, -0.2) is 4.98 Å². The van der Waals surface area contributed by atoms with Gasteiger partial charge in [0.05, 0.1) is 5.56 Å². The predicted octanol–water partition coefficient (Wildman–Crippen LogP) is 1.65. The summed E-state index contributed by atoms with van der Waals surface area (Å²) in [4.78, 5) is 15.8. The van der Waals surface area contributed by atoms with Gasteiger partial charge in [0.15, 0.2) is 0 Å². The fourth-order valence-corrected chi connectivity index (χ4v) is 1.93. The van der Waals surface area contributed by atoms with Crippen LogP contribution in [0, 0.1) is 25.2 Å². The number of nitriles is 1. The van der Waals surface area contributed by atoms with Crippen molar-refractivity contribution in [1.29, 1.82) is 5.26 Å². The molecule has 0 bridgehead atoms. The molecule has 19 heavy (non-hydrogen) atoms. The average Bonchev–Trinajstić information content (AvgIpc) is 3.12. The fourth-order valence-electron chi connectivity index (χ4n) is 1.93. The Morgan fingerprint density at radius 1 is 1.53 bits per heavy atom. The van der Waals surface area contributed by atoms with Crippen LogP contribution in [0.1, 0.15) is 36.1 Å². The number of nitrogens with one attached hydrogen (secondary N) is 2. The lowest BCUT2D eigenvalue weighted by atomic mass is 10.1. The third-order valence-electron chi connectivity index (χ3n) is 3.04. The Hall–Kier alpha value is -2.09. The highest BCUT2D eigenvalue weighted by molar-refractivity contribution is 5.77. The van der Waals surface area contributed by atoms with Gasteiger partial charge >= 0.3 is 0 Å². The van der Waals surface area contributed by atoms with Crippen molar-refractivity contribution >= 4 is 11.7 Å². The SMILES string of the molecule is Cc1cc(C)c(C#N)c(NCCC(=O)NC2CC2)n1. The lowest BCUT2D eigenvalue weighted by molar-refractivity contribution is -0.120. The Balaban J connectivity index is 1.91. The molecule has 1 aromatic heterocycles. The largest absolute Gasteiger partial charge is 0.368 e. The first-order valence-electron chi connectivity index (χ1n) is 6.51. The third-order valence-corrected chi connectivity index (χ3v) is 3.04. The van der Waals surface area contributed by atoms with Crippen molar-refractivity contribution in [3.63, 3.8) is 0 Å². The molecule has 1 saturated carbocycles. The van der Waals surface area contributed by atoms with E-state index >= 15 is 0 Å². The van der Waals surface area contributed by atoms with Crippen molar-refractivity contribution < 1.29 is 4.79 Å². The van der Waals surface area contributed by atoms with Gasteiger partial charge in [0, 0.05) is 24.7 Å². The zero-order valence-electron chi connectivity index (χ0n) is 11.3. The standard InChI is InChI=1S/C14H18N4O/c1-9-7-10(2)17-14(12(9)8-15)16-6-5-13(19)18-11-3-4-11/h7,11H,3-6H2,1-2H3,(H,16,17)(H,18,19). The monoisotopic (exact) mass is 258 g/mol. The van der Waals surface area contributed by atoms with E-state index in [0.717, 1.165) is 24.1 Å². The minimum absolute atomic E-state index is 0.0536. The Labute approximate surface area is 113 Å². The zero-order valence-corrected chi connectivity index (χ0v) is 11.3. The zero-order chi connectivity index (χ0) is 13.8. The first-order valence-corrected chi connectivity index (χ1v) is 6.51. The van der Waals surface area contributed by atoms with Crippen LogP contribution in [-0.4, -0.2) is 23.5 Å². The molecule has 5 heteroatoms. The van der Waals surface area contributed by atoms with Crippen LogP contribution in [0.2, 0.25) is 0 Å². The van der Waals surface area contributed by atoms with Gasteiger partial charge in [-0.05, 0) is 38.3 Å². The molecule has 1 fully saturated rings. The number of pyridine rings is 1. The van der Waals surface area contributed by atoms with Crippen LogP contribution in [0.4, 0.5) is 5.82 Å². The van der Waals surface area contributed by atoms with Gasteiger partial charge in [0.1, 0.15) is 11.9 Å². The summed E-state index contributed by atoms with van der Waals surface area (Å²) in [6.45, 7) is 4.26. The molecule has 2 rings (SSSR count). The smallest absolute Gasteiger partial charge is 0.221 e. The highest BCUT2D eigenvalue weighted by atomic mass is 16.1. The molecule has 1 amide bonds. The number of aryl methyl sites for hydroxylation is 2. The van der Waals surface area contributed by atoms with Gasteiger partial charge < -0.3 is 10.6 Å². The van der Waals surface area contributed by atoms with Crippen molar-refractivity contribution in [3.05, 3.63) is 22.9 Å². The number of carbonyl (C=O) groups is 1. The summed E-state index contributed by atoms with van der Waals surface area (Å²) >= 11 is 0. The molecule has 5 nitrogen and oxygen atoms in total. The van der Waals surface area contributed by atoms with E-state index in [9.17, 15) is 4.79 Å². The minimum atomic E-state index is 0.0536. The Morgan fingerprint density at radius 2 is 2.26 bits per heavy atom. The van der Waals surface area contributed by atoms with Crippen LogP contribution in [0.5, 0.6) is 0 Å². The van der Waals surface area contributed by atoms with Crippen LogP contribution >= 0.6 is 0 Å². The Bertz CT molecular complexity index is 529. The van der Waals surface area contributed by atoms with Crippen LogP contribution in [-0.2, 0) is 4.79 Å². The van der Waals surface area contributed by atoms with E-state index in [0.29, 0.717) is 30.4 Å². The van der Waals surface area contributed by atoms with Crippen LogP contribution in [0.15, 0.2) is 6.07 Å². The van der Waals surface area contributed by atoms with E-state index < -0.39 is 0 Å². The number of hydrogen-bond acceptors (Lipinski definition) is 4. The highest BCUT2D eigenvalue weighted by Gasteiger charge is 2.22. The second-order valence-electron chi connectivity index (χ2n) is 4.93. The summed E-state index contributed by atoms with van der Waals surface area (Å²) in [5.41, 5.74) is 2.31. The number of anilines is 1. The van der Waals surface area contributed by atoms with Crippen molar-refractivity contribution in [1.82, 2.24) is 10.3 Å². The van der Waals surface area contributed by atoms with Crippen LogP contribution in [0.25, 0.3) is 0 Å². The van der Waals surface area contributed by atoms with Crippen molar-refractivity contribution in [2.24, 2.45) is 0 Å². The molecule has 1 heterocycles. The molecule has 0 radical (unpaired) electrons. The van der Waals surface area contributed by atoms with E-state index in [1.54, 1.807) is 0 Å². The Kier molecular flexibility index (Phi) is 4.00. The number of hydrogen-bond donors (Lipinski definition) is 2. The van der Waals surface area contributed by atoms with Crippen molar-refractivity contribution in [2.75, 3.05) is 11.9 Å². The van der Waals surface area contributed by atoms with Gasteiger partial charge in [0.2, 0.25) is 5.91 Å². The van der Waals surface area contributed by atoms with Gasteiger partial charge in [0.25, 0.3) is 0 Å².